The van der Waals surface area contributed by atoms with Gasteiger partial charge in [0.1, 0.15) is 13.2 Å². The highest BCUT2D eigenvalue weighted by molar-refractivity contribution is 6.13. The zero-order valence-electron chi connectivity index (χ0n) is 30.3. The maximum Gasteiger partial charge on any atom is 0.253 e. The molecule has 0 saturated heterocycles. The molecule has 6 amide bonds. The molecule has 17 nitrogen and oxygen atoms in total. The van der Waals surface area contributed by atoms with Crippen LogP contribution in [0.25, 0.3) is 0 Å². The number of Topliss-reactive ketones (excluding diaryl/α,β-unsaturated/α-hetero) is 1. The summed E-state index contributed by atoms with van der Waals surface area (Å²) in [4.78, 5) is 86.6. The van der Waals surface area contributed by atoms with Crippen molar-refractivity contribution < 1.29 is 52.5 Å². The van der Waals surface area contributed by atoms with E-state index in [-0.39, 0.29) is 108 Å². The van der Waals surface area contributed by atoms with Gasteiger partial charge in [0.2, 0.25) is 23.6 Å². The Morgan fingerprint density at radius 1 is 0.755 bits per heavy atom. The van der Waals surface area contributed by atoms with Gasteiger partial charge >= 0.3 is 0 Å². The number of nitrogens with two attached hydrogens (primary N) is 1. The van der Waals surface area contributed by atoms with Gasteiger partial charge in [0.05, 0.1) is 51.7 Å². The van der Waals surface area contributed by atoms with Gasteiger partial charge in [-0.15, -0.1) is 0 Å². The molecule has 2 aliphatic heterocycles. The summed E-state index contributed by atoms with van der Waals surface area (Å²) in [5.74, 6) is -2.05. The Labute approximate surface area is 309 Å². The summed E-state index contributed by atoms with van der Waals surface area (Å²) in [6.45, 7) is 3.88. The first-order valence-electron chi connectivity index (χ1n) is 17.8. The van der Waals surface area contributed by atoms with Crippen molar-refractivity contribution in [3.63, 3.8) is 0 Å². The number of nitrogens with one attached hydrogen (secondary N) is 3. The van der Waals surface area contributed by atoms with E-state index in [9.17, 15) is 33.6 Å². The SMILES string of the molecule is CC(=O)[C@H]1Cc2ccccc2CN1C(=O)[C@H](N)CCCCNC(=O)COCCOCCNC(=O)COCCOCCNC(=O)CCN1C(=O)C=CC1=O. The Morgan fingerprint density at radius 2 is 1.30 bits per heavy atom. The Kier molecular flexibility index (Phi) is 19.3. The van der Waals surface area contributed by atoms with Crippen molar-refractivity contribution in [3.05, 3.63) is 47.5 Å². The molecule has 0 fully saturated rings. The van der Waals surface area contributed by atoms with Gasteiger partial charge in [-0.05, 0) is 37.3 Å². The largest absolute Gasteiger partial charge is 0.377 e. The first-order chi connectivity index (χ1) is 25.6. The van der Waals surface area contributed by atoms with Crippen LogP contribution in [-0.2, 0) is 65.5 Å². The number of amides is 6. The number of rotatable bonds is 26. The first kappa shape index (κ1) is 42.9. The van der Waals surface area contributed by atoms with Crippen molar-refractivity contribution in [1.29, 1.82) is 0 Å². The minimum atomic E-state index is -0.727. The molecule has 2 heterocycles. The molecule has 0 spiro atoms. The Bertz CT molecular complexity index is 1420. The van der Waals surface area contributed by atoms with E-state index in [0.29, 0.717) is 38.8 Å². The molecular weight excluding hydrogens is 692 g/mol. The minimum Gasteiger partial charge on any atom is -0.377 e. The van der Waals surface area contributed by atoms with Crippen molar-refractivity contribution in [1.82, 2.24) is 25.8 Å². The molecule has 1 aromatic rings. The summed E-state index contributed by atoms with van der Waals surface area (Å²) in [5.41, 5.74) is 8.31. The number of hydrogen-bond acceptors (Lipinski definition) is 12. The summed E-state index contributed by atoms with van der Waals surface area (Å²) < 4.78 is 21.3. The third kappa shape index (κ3) is 15.9. The van der Waals surface area contributed by atoms with Gasteiger partial charge in [0, 0.05) is 57.7 Å². The fourth-order valence-corrected chi connectivity index (χ4v) is 5.52. The van der Waals surface area contributed by atoms with Crippen molar-refractivity contribution >= 4 is 41.2 Å². The molecule has 1 aromatic carbocycles. The highest BCUT2D eigenvalue weighted by atomic mass is 16.5. The van der Waals surface area contributed by atoms with Gasteiger partial charge in [-0.25, -0.2) is 0 Å². The molecule has 17 heteroatoms. The number of unbranched alkanes of at least 4 members (excludes halogenated alkanes) is 1. The second kappa shape index (κ2) is 23.9. The number of benzene rings is 1. The van der Waals surface area contributed by atoms with Crippen LogP contribution in [0.15, 0.2) is 36.4 Å². The third-order valence-corrected chi connectivity index (χ3v) is 8.39. The second-order valence-electron chi connectivity index (χ2n) is 12.5. The fraction of sp³-hybridized carbons (Fsp3) is 0.583. The van der Waals surface area contributed by atoms with Gasteiger partial charge in [0.15, 0.2) is 5.78 Å². The third-order valence-electron chi connectivity index (χ3n) is 8.39. The number of ether oxygens (including phenoxy) is 4. The second-order valence-corrected chi connectivity index (χ2v) is 12.5. The van der Waals surface area contributed by atoms with Gasteiger partial charge in [-0.3, -0.25) is 38.5 Å². The maximum absolute atomic E-state index is 13.1. The van der Waals surface area contributed by atoms with Crippen LogP contribution in [0.4, 0.5) is 0 Å². The quantitative estimate of drug-likeness (QED) is 0.0646. The van der Waals surface area contributed by atoms with Crippen LogP contribution >= 0.6 is 0 Å². The van der Waals surface area contributed by atoms with E-state index in [1.807, 2.05) is 24.3 Å². The van der Waals surface area contributed by atoms with E-state index in [1.54, 1.807) is 4.90 Å². The van der Waals surface area contributed by atoms with Crippen molar-refractivity contribution in [3.8, 4) is 0 Å². The molecule has 0 radical (unpaired) electrons. The van der Waals surface area contributed by atoms with Crippen molar-refractivity contribution in [2.24, 2.45) is 5.73 Å². The van der Waals surface area contributed by atoms with Crippen LogP contribution < -0.4 is 21.7 Å². The van der Waals surface area contributed by atoms with E-state index >= 15 is 0 Å². The van der Waals surface area contributed by atoms with E-state index in [1.165, 1.54) is 19.1 Å². The van der Waals surface area contributed by atoms with Crippen molar-refractivity contribution in [2.45, 2.75) is 57.7 Å². The monoisotopic (exact) mass is 744 g/mol. The molecular formula is C36H52N6O11. The van der Waals surface area contributed by atoms with E-state index in [4.69, 9.17) is 24.7 Å². The van der Waals surface area contributed by atoms with Gasteiger partial charge < -0.3 is 45.5 Å². The predicted octanol–water partition coefficient (Wildman–Crippen LogP) is -1.24. The molecule has 5 N–H and O–H groups in total. The normalized spacial score (nSPS) is 15.6. The number of carbonyl (C=O) groups is 7. The van der Waals surface area contributed by atoms with Gasteiger partial charge in [-0.1, -0.05) is 24.3 Å². The molecule has 3 rings (SSSR count). The van der Waals surface area contributed by atoms with E-state index in [2.05, 4.69) is 16.0 Å². The van der Waals surface area contributed by atoms with Crippen LogP contribution in [0.1, 0.15) is 43.7 Å². The molecule has 2 aliphatic rings. The lowest BCUT2D eigenvalue weighted by atomic mass is 9.91. The van der Waals surface area contributed by atoms with Gasteiger partial charge in [-0.2, -0.15) is 0 Å². The number of hydrogen-bond donors (Lipinski definition) is 4. The number of nitrogens with zero attached hydrogens (tertiary/aromatic N) is 2. The Balaban J connectivity index is 1.07. The highest BCUT2D eigenvalue weighted by Gasteiger charge is 2.34. The zero-order chi connectivity index (χ0) is 38.4. The number of imide groups is 1. The lowest BCUT2D eigenvalue weighted by Crippen LogP contribution is -2.53. The van der Waals surface area contributed by atoms with Gasteiger partial charge in [0.25, 0.3) is 11.8 Å². The molecule has 292 valence electrons. The summed E-state index contributed by atoms with van der Waals surface area (Å²) in [5, 5.41) is 8.05. The van der Waals surface area contributed by atoms with Crippen LogP contribution in [0.2, 0.25) is 0 Å². The smallest absolute Gasteiger partial charge is 0.253 e. The average molecular weight is 745 g/mol. The first-order valence-corrected chi connectivity index (χ1v) is 17.8. The molecule has 0 unspecified atom stereocenters. The number of carbonyl (C=O) groups excluding carboxylic acids is 7. The Hall–Kier alpha value is -4.55. The zero-order valence-corrected chi connectivity index (χ0v) is 30.3. The summed E-state index contributed by atoms with van der Waals surface area (Å²) in [6.07, 6.45) is 4.53. The molecule has 0 saturated carbocycles. The van der Waals surface area contributed by atoms with E-state index < -0.39 is 23.9 Å². The predicted molar refractivity (Wildman–Crippen MR) is 190 cm³/mol. The van der Waals surface area contributed by atoms with Crippen LogP contribution in [-0.4, -0.2) is 142 Å². The molecule has 0 aliphatic carbocycles. The fourth-order valence-electron chi connectivity index (χ4n) is 5.52. The minimum absolute atomic E-state index is 0.00313. The van der Waals surface area contributed by atoms with Crippen LogP contribution in [0, 0.1) is 0 Å². The van der Waals surface area contributed by atoms with Crippen molar-refractivity contribution in [2.75, 3.05) is 79.0 Å². The summed E-state index contributed by atoms with van der Waals surface area (Å²) >= 11 is 0. The molecule has 0 bridgehead atoms. The summed E-state index contributed by atoms with van der Waals surface area (Å²) in [7, 11) is 0. The average Bonchev–Trinajstić information content (AvgIpc) is 3.47. The molecule has 2 atom stereocenters. The number of ketones is 1. The number of fused-ring (bicyclic) bond motifs is 1. The Morgan fingerprint density at radius 3 is 1.91 bits per heavy atom. The maximum atomic E-state index is 13.1. The topological polar surface area (TPSA) is 225 Å². The lowest BCUT2D eigenvalue weighted by molar-refractivity contribution is -0.141. The molecule has 0 aromatic heterocycles. The molecule has 53 heavy (non-hydrogen) atoms. The van der Waals surface area contributed by atoms with E-state index in [0.717, 1.165) is 16.0 Å². The van der Waals surface area contributed by atoms with Crippen LogP contribution in [0.3, 0.4) is 0 Å². The lowest BCUT2D eigenvalue weighted by Gasteiger charge is -2.37. The summed E-state index contributed by atoms with van der Waals surface area (Å²) in [6, 6.07) is 6.56. The van der Waals surface area contributed by atoms with Crippen LogP contribution in [0.5, 0.6) is 0 Å². The highest BCUT2D eigenvalue weighted by Crippen LogP contribution is 2.25. The standard InChI is InChI=1S/C36H52N6O11/c1-26(43)30-22-27-6-2-3-7-28(27)23-42(30)36(49)29(37)8-4-5-12-38-32(45)24-52-20-19-51-17-14-40-33(46)25-53-21-18-50-16-13-39-31(44)11-15-41-34(47)9-10-35(41)48/h2-3,6-7,9-10,29-30H,4-5,8,11-25,37H2,1H3,(H,38,45)(H,39,44)(H,40,46)/t29-,30-/m1/s1.